The quantitative estimate of drug-likeness (QED) is 0.810. The van der Waals surface area contributed by atoms with Crippen LogP contribution < -0.4 is 10.0 Å². The number of hydrogen-bond acceptors (Lipinski definition) is 3. The molecule has 4 nitrogen and oxygen atoms in total. The Balaban J connectivity index is 2.74. The van der Waals surface area contributed by atoms with Gasteiger partial charge in [-0.1, -0.05) is 32.9 Å². The van der Waals surface area contributed by atoms with E-state index in [9.17, 15) is 8.42 Å². The summed E-state index contributed by atoms with van der Waals surface area (Å²) in [5.74, 6) is 0. The first-order valence-corrected chi connectivity index (χ1v) is 7.26. The number of nitrogens with one attached hydrogen (secondary N) is 2. The Bertz CT molecular complexity index is 438. The second-order valence-corrected chi connectivity index (χ2v) is 5.95. The summed E-state index contributed by atoms with van der Waals surface area (Å²) >= 11 is 0. The first-order chi connectivity index (χ1) is 7.95. The van der Waals surface area contributed by atoms with Gasteiger partial charge in [-0.2, -0.15) is 0 Å². The van der Waals surface area contributed by atoms with Gasteiger partial charge < -0.3 is 5.32 Å². The fourth-order valence-electron chi connectivity index (χ4n) is 1.38. The smallest absolute Gasteiger partial charge is 0.240 e. The van der Waals surface area contributed by atoms with E-state index in [0.717, 1.165) is 12.1 Å². The van der Waals surface area contributed by atoms with E-state index in [1.54, 1.807) is 19.1 Å². The van der Waals surface area contributed by atoms with Crippen molar-refractivity contribution in [1.29, 1.82) is 0 Å². The molecule has 0 bridgehead atoms. The van der Waals surface area contributed by atoms with Gasteiger partial charge in [-0.3, -0.25) is 0 Å². The van der Waals surface area contributed by atoms with Crippen LogP contribution in [0.25, 0.3) is 0 Å². The highest BCUT2D eigenvalue weighted by Gasteiger charge is 2.11. The van der Waals surface area contributed by atoms with Gasteiger partial charge in [0.2, 0.25) is 10.0 Å². The predicted octanol–water partition coefficient (Wildman–Crippen LogP) is 1.48. The summed E-state index contributed by atoms with van der Waals surface area (Å²) in [5.41, 5.74) is 1.08. The third kappa shape index (κ3) is 4.46. The van der Waals surface area contributed by atoms with Crippen molar-refractivity contribution in [3.8, 4) is 0 Å². The summed E-state index contributed by atoms with van der Waals surface area (Å²) in [6.45, 7) is 7.06. The van der Waals surface area contributed by atoms with E-state index in [0.29, 0.717) is 17.5 Å². The number of sulfonamides is 1. The molecule has 5 heteroatoms. The molecule has 0 fully saturated rings. The highest BCUT2D eigenvalue weighted by atomic mass is 32.2. The Morgan fingerprint density at radius 2 is 1.76 bits per heavy atom. The zero-order valence-corrected chi connectivity index (χ0v) is 11.3. The van der Waals surface area contributed by atoms with Crippen LogP contribution in [0, 0.1) is 0 Å². The number of rotatable bonds is 6. The summed E-state index contributed by atoms with van der Waals surface area (Å²) in [5, 5.41) is 3.28. The molecule has 0 radical (unpaired) electrons. The van der Waals surface area contributed by atoms with Gasteiger partial charge in [0, 0.05) is 19.1 Å². The van der Waals surface area contributed by atoms with Crippen LogP contribution in [0.3, 0.4) is 0 Å². The first kappa shape index (κ1) is 14.2. The molecule has 0 amide bonds. The lowest BCUT2D eigenvalue weighted by Crippen LogP contribution is -2.23. The molecule has 17 heavy (non-hydrogen) atoms. The minimum Gasteiger partial charge on any atom is -0.310 e. The van der Waals surface area contributed by atoms with E-state index in [2.05, 4.69) is 23.9 Å². The number of benzene rings is 1. The largest absolute Gasteiger partial charge is 0.310 e. The lowest BCUT2D eigenvalue weighted by Gasteiger charge is -2.09. The van der Waals surface area contributed by atoms with Gasteiger partial charge in [-0.25, -0.2) is 13.1 Å². The first-order valence-electron chi connectivity index (χ1n) is 5.77. The molecule has 0 spiro atoms. The maximum absolute atomic E-state index is 11.7. The Hall–Kier alpha value is -0.910. The van der Waals surface area contributed by atoms with Crippen LogP contribution in [0.4, 0.5) is 0 Å². The predicted molar refractivity (Wildman–Crippen MR) is 69.3 cm³/mol. The van der Waals surface area contributed by atoms with Crippen LogP contribution in [0.15, 0.2) is 29.2 Å². The highest BCUT2D eigenvalue weighted by molar-refractivity contribution is 7.89. The monoisotopic (exact) mass is 256 g/mol. The van der Waals surface area contributed by atoms with E-state index >= 15 is 0 Å². The Kier molecular flexibility index (Phi) is 5.11. The van der Waals surface area contributed by atoms with Crippen molar-refractivity contribution in [2.24, 2.45) is 0 Å². The van der Waals surface area contributed by atoms with Crippen molar-refractivity contribution in [3.05, 3.63) is 29.8 Å². The summed E-state index contributed by atoms with van der Waals surface area (Å²) < 4.78 is 25.8. The molecule has 0 aromatic heterocycles. The van der Waals surface area contributed by atoms with Crippen LogP contribution in [0.2, 0.25) is 0 Å². The molecular weight excluding hydrogens is 236 g/mol. The van der Waals surface area contributed by atoms with Gasteiger partial charge in [0.15, 0.2) is 0 Å². The fraction of sp³-hybridized carbons (Fsp3) is 0.500. The van der Waals surface area contributed by atoms with Crippen LogP contribution in [0.1, 0.15) is 26.3 Å². The normalized spacial score (nSPS) is 12.0. The molecule has 0 aliphatic heterocycles. The minimum atomic E-state index is -3.33. The van der Waals surface area contributed by atoms with E-state index in [4.69, 9.17) is 0 Å². The lowest BCUT2D eigenvalue weighted by molar-refractivity contribution is 0.582. The van der Waals surface area contributed by atoms with Gasteiger partial charge >= 0.3 is 0 Å². The fourth-order valence-corrected chi connectivity index (χ4v) is 2.42. The maximum atomic E-state index is 11.7. The van der Waals surface area contributed by atoms with Crippen molar-refractivity contribution in [1.82, 2.24) is 10.0 Å². The molecule has 1 aromatic carbocycles. The van der Waals surface area contributed by atoms with Gasteiger partial charge in [0.1, 0.15) is 0 Å². The van der Waals surface area contributed by atoms with Gasteiger partial charge in [-0.15, -0.1) is 0 Å². The van der Waals surface area contributed by atoms with Crippen molar-refractivity contribution >= 4 is 10.0 Å². The Morgan fingerprint density at radius 1 is 1.18 bits per heavy atom. The minimum absolute atomic E-state index is 0.313. The van der Waals surface area contributed by atoms with E-state index in [1.165, 1.54) is 0 Å². The zero-order valence-electron chi connectivity index (χ0n) is 10.5. The molecule has 2 N–H and O–H groups in total. The molecule has 0 aliphatic rings. The molecule has 0 atom stereocenters. The van der Waals surface area contributed by atoms with E-state index < -0.39 is 10.0 Å². The zero-order chi connectivity index (χ0) is 12.9. The third-order valence-electron chi connectivity index (χ3n) is 2.28. The summed E-state index contributed by atoms with van der Waals surface area (Å²) in [7, 11) is -3.33. The van der Waals surface area contributed by atoms with Gasteiger partial charge in [-0.05, 0) is 17.7 Å². The van der Waals surface area contributed by atoms with E-state index in [-0.39, 0.29) is 0 Å². The Labute approximate surface area is 103 Å². The van der Waals surface area contributed by atoms with Gasteiger partial charge in [0.25, 0.3) is 0 Å². The molecule has 0 unspecified atom stereocenters. The van der Waals surface area contributed by atoms with Crippen molar-refractivity contribution in [2.75, 3.05) is 6.54 Å². The standard InChI is InChI=1S/C12H20N2O2S/c1-4-14-17(15,16)12-7-5-11(6-8-12)9-13-10(2)3/h5-8,10,13-14H,4,9H2,1-3H3. The maximum Gasteiger partial charge on any atom is 0.240 e. The summed E-state index contributed by atoms with van der Waals surface area (Å²) in [6, 6.07) is 7.35. The van der Waals surface area contributed by atoms with Crippen LogP contribution in [-0.4, -0.2) is 21.0 Å². The molecule has 0 saturated carbocycles. The lowest BCUT2D eigenvalue weighted by atomic mass is 10.2. The van der Waals surface area contributed by atoms with Crippen molar-refractivity contribution < 1.29 is 8.42 Å². The average Bonchev–Trinajstić information content (AvgIpc) is 2.27. The van der Waals surface area contributed by atoms with Gasteiger partial charge in [0.05, 0.1) is 4.90 Å². The van der Waals surface area contributed by atoms with E-state index in [1.807, 2.05) is 12.1 Å². The average molecular weight is 256 g/mol. The van der Waals surface area contributed by atoms with Crippen LogP contribution in [-0.2, 0) is 16.6 Å². The topological polar surface area (TPSA) is 58.2 Å². The molecule has 0 saturated heterocycles. The molecule has 0 aliphatic carbocycles. The van der Waals surface area contributed by atoms with Crippen molar-refractivity contribution in [2.45, 2.75) is 38.3 Å². The van der Waals surface area contributed by atoms with Crippen LogP contribution >= 0.6 is 0 Å². The van der Waals surface area contributed by atoms with Crippen molar-refractivity contribution in [3.63, 3.8) is 0 Å². The second kappa shape index (κ2) is 6.14. The molecule has 96 valence electrons. The SMILES string of the molecule is CCNS(=O)(=O)c1ccc(CNC(C)C)cc1. The van der Waals surface area contributed by atoms with Crippen LogP contribution in [0.5, 0.6) is 0 Å². The highest BCUT2D eigenvalue weighted by Crippen LogP contribution is 2.10. The second-order valence-electron chi connectivity index (χ2n) is 4.18. The molecule has 1 aromatic rings. The number of hydrogen-bond donors (Lipinski definition) is 2. The third-order valence-corrected chi connectivity index (χ3v) is 3.84. The summed E-state index contributed by atoms with van der Waals surface area (Å²) in [4.78, 5) is 0.313. The molecular formula is C12H20N2O2S. The summed E-state index contributed by atoms with van der Waals surface area (Å²) in [6.07, 6.45) is 0. The molecule has 1 rings (SSSR count). The Morgan fingerprint density at radius 3 is 2.24 bits per heavy atom. The molecule has 0 heterocycles.